The van der Waals surface area contributed by atoms with Crippen molar-refractivity contribution in [3.63, 3.8) is 0 Å². The molecule has 0 amide bonds. The molecule has 1 fully saturated rings. The van der Waals surface area contributed by atoms with Crippen molar-refractivity contribution in [2.75, 3.05) is 5.32 Å². The molecule has 1 aromatic carbocycles. The van der Waals surface area contributed by atoms with Crippen LogP contribution in [0.4, 0.5) is 10.9 Å². The highest BCUT2D eigenvalue weighted by Gasteiger charge is 2.38. The molecule has 2 N–H and O–H groups in total. The number of hydrogen-bond acceptors (Lipinski definition) is 6. The van der Waals surface area contributed by atoms with Crippen molar-refractivity contribution in [3.8, 4) is 5.88 Å². The van der Waals surface area contributed by atoms with E-state index in [0.29, 0.717) is 17.8 Å². The zero-order chi connectivity index (χ0) is 17.5. The lowest BCUT2D eigenvalue weighted by molar-refractivity contribution is 0.456. The third-order valence-electron chi connectivity index (χ3n) is 4.67. The first-order valence-electron chi connectivity index (χ1n) is 8.50. The minimum absolute atomic E-state index is 0.0488. The summed E-state index contributed by atoms with van der Waals surface area (Å²) in [5.74, 6) is 1.28. The van der Waals surface area contributed by atoms with Gasteiger partial charge in [-0.2, -0.15) is 4.98 Å². The van der Waals surface area contributed by atoms with Crippen LogP contribution in [0.25, 0.3) is 11.6 Å². The molecule has 3 aromatic rings. The summed E-state index contributed by atoms with van der Waals surface area (Å²) in [7, 11) is 0. The van der Waals surface area contributed by atoms with Gasteiger partial charge in [-0.15, -0.1) is 0 Å². The summed E-state index contributed by atoms with van der Waals surface area (Å²) in [6.45, 7) is 0. The number of thiazole rings is 1. The summed E-state index contributed by atoms with van der Waals surface area (Å²) >= 11 is 1.46. The van der Waals surface area contributed by atoms with Crippen molar-refractivity contribution in [1.82, 2.24) is 9.97 Å². The van der Waals surface area contributed by atoms with Crippen LogP contribution in [0.3, 0.4) is 0 Å². The summed E-state index contributed by atoms with van der Waals surface area (Å²) in [6, 6.07) is 14.7. The molecule has 2 atom stereocenters. The number of nitrogens with one attached hydrogen (secondary N) is 1. The number of nitrogens with zero attached hydrogens (tertiary/aromatic N) is 3. The van der Waals surface area contributed by atoms with E-state index in [1.807, 2.05) is 24.3 Å². The molecule has 1 saturated carbocycles. The van der Waals surface area contributed by atoms with Gasteiger partial charge in [-0.1, -0.05) is 41.7 Å². The lowest BCUT2D eigenvalue weighted by atomic mass is 10.1. The predicted molar refractivity (Wildman–Crippen MR) is 105 cm³/mol. The Labute approximate surface area is 154 Å². The molecule has 128 valence electrons. The number of rotatable bonds is 4. The Morgan fingerprint density at radius 2 is 2.04 bits per heavy atom. The van der Waals surface area contributed by atoms with Gasteiger partial charge < -0.3 is 10.4 Å². The molecule has 0 spiro atoms. The number of benzene rings is 1. The van der Waals surface area contributed by atoms with Gasteiger partial charge in [0.25, 0.3) is 0 Å². The lowest BCUT2D eigenvalue weighted by Crippen LogP contribution is -2.03. The van der Waals surface area contributed by atoms with Crippen LogP contribution >= 0.6 is 11.3 Å². The number of anilines is 1. The molecule has 5 rings (SSSR count). The highest BCUT2D eigenvalue weighted by Crippen LogP contribution is 2.44. The summed E-state index contributed by atoms with van der Waals surface area (Å²) in [4.78, 5) is 13.5. The second-order valence-corrected chi connectivity index (χ2v) is 7.47. The predicted octanol–water partition coefficient (Wildman–Crippen LogP) is 4.47. The molecular weight excluding hydrogens is 344 g/mol. The van der Waals surface area contributed by atoms with Gasteiger partial charge in [0.1, 0.15) is 0 Å². The van der Waals surface area contributed by atoms with Crippen molar-refractivity contribution in [3.05, 3.63) is 64.7 Å². The quantitative estimate of drug-likeness (QED) is 0.720. The molecule has 0 bridgehead atoms. The number of fused-ring (bicyclic) bond motifs is 1. The molecule has 2 aliphatic rings. The van der Waals surface area contributed by atoms with E-state index in [9.17, 15) is 5.11 Å². The van der Waals surface area contributed by atoms with Crippen LogP contribution in [-0.2, 0) is 0 Å². The molecule has 5 nitrogen and oxygen atoms in total. The zero-order valence-electron chi connectivity index (χ0n) is 13.8. The molecular formula is C20H16N4OS. The molecule has 2 aromatic heterocycles. The molecule has 0 saturated heterocycles. The average Bonchev–Trinajstić information content (AvgIpc) is 3.18. The van der Waals surface area contributed by atoms with E-state index in [4.69, 9.17) is 0 Å². The third kappa shape index (κ3) is 2.78. The normalized spacial score (nSPS) is 21.8. The van der Waals surface area contributed by atoms with Gasteiger partial charge >= 0.3 is 0 Å². The van der Waals surface area contributed by atoms with E-state index in [0.717, 1.165) is 27.6 Å². The minimum Gasteiger partial charge on any atom is -0.492 e. The van der Waals surface area contributed by atoms with Crippen LogP contribution in [-0.4, -0.2) is 27.3 Å². The Morgan fingerprint density at radius 3 is 2.92 bits per heavy atom. The van der Waals surface area contributed by atoms with Gasteiger partial charge in [0.05, 0.1) is 4.88 Å². The fraction of sp³-hybridized carbons (Fsp3) is 0.150. The molecule has 3 heterocycles. The van der Waals surface area contributed by atoms with E-state index in [1.165, 1.54) is 16.9 Å². The molecule has 1 aliphatic heterocycles. The van der Waals surface area contributed by atoms with Crippen molar-refractivity contribution in [2.45, 2.75) is 18.4 Å². The van der Waals surface area contributed by atoms with E-state index >= 15 is 0 Å². The minimum atomic E-state index is 0.0488. The van der Waals surface area contributed by atoms with Gasteiger partial charge in [-0.3, -0.25) is 0 Å². The number of aromatic hydroxyl groups is 1. The van der Waals surface area contributed by atoms with Crippen LogP contribution in [0.5, 0.6) is 5.88 Å². The number of pyridine rings is 1. The van der Waals surface area contributed by atoms with Crippen LogP contribution < -0.4 is 5.32 Å². The van der Waals surface area contributed by atoms with Crippen LogP contribution in [0, 0.1) is 0 Å². The van der Waals surface area contributed by atoms with Crippen molar-refractivity contribution < 1.29 is 5.11 Å². The Kier molecular flexibility index (Phi) is 3.57. The van der Waals surface area contributed by atoms with Crippen molar-refractivity contribution in [1.29, 1.82) is 0 Å². The van der Waals surface area contributed by atoms with Crippen molar-refractivity contribution in [2.24, 2.45) is 4.99 Å². The first kappa shape index (κ1) is 15.3. The second kappa shape index (κ2) is 6.07. The van der Waals surface area contributed by atoms with Crippen LogP contribution in [0.15, 0.2) is 53.7 Å². The topological polar surface area (TPSA) is 70.4 Å². The van der Waals surface area contributed by atoms with Gasteiger partial charge in [0.2, 0.25) is 5.88 Å². The first-order valence-corrected chi connectivity index (χ1v) is 9.32. The zero-order valence-corrected chi connectivity index (χ0v) is 14.6. The number of aliphatic imine (C=N–C) groups is 1. The van der Waals surface area contributed by atoms with E-state index in [1.54, 1.807) is 12.4 Å². The van der Waals surface area contributed by atoms with Gasteiger partial charge in [0, 0.05) is 35.5 Å². The van der Waals surface area contributed by atoms with E-state index < -0.39 is 0 Å². The van der Waals surface area contributed by atoms with E-state index in [2.05, 4.69) is 44.5 Å². The summed E-state index contributed by atoms with van der Waals surface area (Å²) in [6.07, 6.45) is 6.50. The summed E-state index contributed by atoms with van der Waals surface area (Å²) < 4.78 is 0. The standard InChI is InChI=1S/C20H16N4OS/c25-19-17(9-13-11-22-18-14(13)7-4-8-21-18)26-20(24-19)23-16-10-15(16)12-5-2-1-3-6-12/h1-9,11,15-16,25H,10H2,(H,23,24)/t15-,16+/m1/s1. The largest absolute Gasteiger partial charge is 0.492 e. The van der Waals surface area contributed by atoms with Crippen molar-refractivity contribution >= 4 is 40.1 Å². The monoisotopic (exact) mass is 360 g/mol. The maximum absolute atomic E-state index is 10.2. The molecule has 1 aliphatic carbocycles. The van der Waals surface area contributed by atoms with Gasteiger partial charge in [0.15, 0.2) is 10.9 Å². The SMILES string of the molecule is Oc1nc(N[C@H]2C[C@@H]2c2ccccc2)sc1C=C1C=Nc2ncccc21. The Morgan fingerprint density at radius 1 is 1.15 bits per heavy atom. The number of aromatic nitrogens is 2. The van der Waals surface area contributed by atoms with Gasteiger partial charge in [-0.25, -0.2) is 9.98 Å². The molecule has 0 radical (unpaired) electrons. The van der Waals surface area contributed by atoms with Crippen LogP contribution in [0.1, 0.15) is 28.3 Å². The highest BCUT2D eigenvalue weighted by molar-refractivity contribution is 7.16. The smallest absolute Gasteiger partial charge is 0.231 e. The average molecular weight is 360 g/mol. The van der Waals surface area contributed by atoms with Crippen LogP contribution in [0.2, 0.25) is 0 Å². The second-order valence-electron chi connectivity index (χ2n) is 6.44. The summed E-state index contributed by atoms with van der Waals surface area (Å²) in [5.41, 5.74) is 3.26. The lowest BCUT2D eigenvalue weighted by Gasteiger charge is -2.01. The maximum atomic E-state index is 10.2. The third-order valence-corrected chi connectivity index (χ3v) is 5.59. The number of hydrogen-bond donors (Lipinski definition) is 2. The highest BCUT2D eigenvalue weighted by atomic mass is 32.1. The van der Waals surface area contributed by atoms with Gasteiger partial charge in [-0.05, 0) is 30.2 Å². The molecule has 6 heteroatoms. The maximum Gasteiger partial charge on any atom is 0.231 e. The Bertz CT molecular complexity index is 1030. The summed E-state index contributed by atoms with van der Waals surface area (Å²) in [5, 5.41) is 14.4. The number of allylic oxidation sites excluding steroid dienone is 1. The molecule has 0 unspecified atom stereocenters. The fourth-order valence-electron chi connectivity index (χ4n) is 3.24. The fourth-order valence-corrected chi connectivity index (χ4v) is 4.12. The van der Waals surface area contributed by atoms with E-state index in [-0.39, 0.29) is 5.88 Å². The molecule has 26 heavy (non-hydrogen) atoms. The Hall–Kier alpha value is -2.99. The first-order chi connectivity index (χ1) is 12.8. The Balaban J connectivity index is 1.34.